The first-order valence-corrected chi connectivity index (χ1v) is 8.53. The molecule has 0 radical (unpaired) electrons. The van der Waals surface area contributed by atoms with Gasteiger partial charge in [0.1, 0.15) is 6.61 Å². The summed E-state index contributed by atoms with van der Waals surface area (Å²) in [6.45, 7) is 8.66. The van der Waals surface area contributed by atoms with Crippen molar-refractivity contribution in [3.8, 4) is 11.5 Å². The Balaban J connectivity index is 1.81. The lowest BCUT2D eigenvalue weighted by Gasteiger charge is -2.32. The Hall–Kier alpha value is -1.98. The molecule has 0 unspecified atom stereocenters. The van der Waals surface area contributed by atoms with Crippen LogP contribution in [0.15, 0.2) is 48.5 Å². The van der Waals surface area contributed by atoms with Gasteiger partial charge < -0.3 is 18.8 Å². The fourth-order valence-corrected chi connectivity index (χ4v) is 2.67. The second-order valence-corrected chi connectivity index (χ2v) is 7.27. The second kappa shape index (κ2) is 6.73. The molecule has 5 heteroatoms. The zero-order valence-electron chi connectivity index (χ0n) is 15.5. The molecule has 25 heavy (non-hydrogen) atoms. The molecular weight excluding hydrogens is 315 g/mol. The lowest BCUT2D eigenvalue weighted by atomic mass is 9.79. The van der Waals surface area contributed by atoms with Crippen LogP contribution in [0, 0.1) is 0 Å². The van der Waals surface area contributed by atoms with Gasteiger partial charge in [-0.15, -0.1) is 0 Å². The van der Waals surface area contributed by atoms with E-state index in [1.165, 1.54) is 0 Å². The zero-order valence-corrected chi connectivity index (χ0v) is 15.5. The Kier molecular flexibility index (Phi) is 4.80. The lowest BCUT2D eigenvalue weighted by Crippen LogP contribution is -2.41. The zero-order chi connectivity index (χ0) is 18.1. The number of methoxy groups -OCH3 is 1. The fourth-order valence-electron chi connectivity index (χ4n) is 2.67. The van der Waals surface area contributed by atoms with Crippen molar-refractivity contribution in [1.82, 2.24) is 0 Å². The van der Waals surface area contributed by atoms with Crippen molar-refractivity contribution in [1.29, 1.82) is 0 Å². The molecule has 1 aliphatic rings. The third-order valence-electron chi connectivity index (χ3n) is 4.95. The lowest BCUT2D eigenvalue weighted by molar-refractivity contribution is 0.00578. The number of benzene rings is 2. The molecule has 2 aromatic rings. The topological polar surface area (TPSA) is 36.9 Å². The molecule has 0 aliphatic carbocycles. The molecule has 3 rings (SSSR count). The van der Waals surface area contributed by atoms with Crippen molar-refractivity contribution in [2.75, 3.05) is 7.11 Å². The van der Waals surface area contributed by atoms with Crippen LogP contribution in [0.4, 0.5) is 0 Å². The Morgan fingerprint density at radius 3 is 2.12 bits per heavy atom. The van der Waals surface area contributed by atoms with E-state index < -0.39 is 7.12 Å². The van der Waals surface area contributed by atoms with Crippen LogP contribution in [-0.2, 0) is 15.9 Å². The van der Waals surface area contributed by atoms with Gasteiger partial charge in [-0.2, -0.15) is 0 Å². The molecule has 0 atom stereocenters. The van der Waals surface area contributed by atoms with Crippen LogP contribution in [0.25, 0.3) is 0 Å². The van der Waals surface area contributed by atoms with Gasteiger partial charge >= 0.3 is 7.12 Å². The predicted molar refractivity (Wildman–Crippen MR) is 99.5 cm³/mol. The minimum atomic E-state index is -0.421. The van der Waals surface area contributed by atoms with Crippen molar-refractivity contribution >= 4 is 12.6 Å². The Bertz CT molecular complexity index is 712. The molecule has 1 saturated heterocycles. The van der Waals surface area contributed by atoms with Gasteiger partial charge in [-0.05, 0) is 50.9 Å². The maximum Gasteiger partial charge on any atom is 0.494 e. The molecule has 1 aliphatic heterocycles. The third kappa shape index (κ3) is 3.67. The van der Waals surface area contributed by atoms with Crippen LogP contribution < -0.4 is 14.9 Å². The van der Waals surface area contributed by atoms with E-state index in [0.29, 0.717) is 18.1 Å². The third-order valence-corrected chi connectivity index (χ3v) is 4.95. The summed E-state index contributed by atoms with van der Waals surface area (Å²) in [6, 6.07) is 15.8. The number of hydrogen-bond acceptors (Lipinski definition) is 4. The molecule has 0 aromatic heterocycles. The van der Waals surface area contributed by atoms with E-state index in [1.807, 2.05) is 76.2 Å². The number of rotatable bonds is 5. The van der Waals surface area contributed by atoms with Crippen molar-refractivity contribution in [2.45, 2.75) is 45.5 Å². The fraction of sp³-hybridized carbons (Fsp3) is 0.400. The maximum absolute atomic E-state index is 6.12. The molecule has 4 nitrogen and oxygen atoms in total. The SMILES string of the molecule is COc1ccc(B2OC(C)(C)C(C)(C)O2)cc1OCc1ccccc1. The van der Waals surface area contributed by atoms with Crippen LogP contribution in [-0.4, -0.2) is 25.4 Å². The monoisotopic (exact) mass is 340 g/mol. The van der Waals surface area contributed by atoms with Gasteiger partial charge in [-0.1, -0.05) is 36.4 Å². The van der Waals surface area contributed by atoms with E-state index in [2.05, 4.69) is 0 Å². The van der Waals surface area contributed by atoms with Crippen molar-refractivity contribution in [2.24, 2.45) is 0 Å². The number of ether oxygens (including phenoxy) is 2. The summed E-state index contributed by atoms with van der Waals surface area (Å²) in [4.78, 5) is 0. The first kappa shape index (κ1) is 17.8. The highest BCUT2D eigenvalue weighted by atomic mass is 16.7. The van der Waals surface area contributed by atoms with E-state index >= 15 is 0 Å². The average molecular weight is 340 g/mol. The predicted octanol–water partition coefficient (Wildman–Crippen LogP) is 3.57. The summed E-state index contributed by atoms with van der Waals surface area (Å²) >= 11 is 0. The largest absolute Gasteiger partial charge is 0.494 e. The van der Waals surface area contributed by atoms with Crippen LogP contribution in [0.1, 0.15) is 33.3 Å². The Morgan fingerprint density at radius 2 is 1.52 bits per heavy atom. The van der Waals surface area contributed by atoms with Crippen LogP contribution in [0.2, 0.25) is 0 Å². The van der Waals surface area contributed by atoms with Crippen LogP contribution >= 0.6 is 0 Å². The minimum Gasteiger partial charge on any atom is -0.493 e. The van der Waals surface area contributed by atoms with Gasteiger partial charge in [-0.25, -0.2) is 0 Å². The van der Waals surface area contributed by atoms with Gasteiger partial charge in [-0.3, -0.25) is 0 Å². The molecule has 1 heterocycles. The van der Waals surface area contributed by atoms with Crippen molar-refractivity contribution in [3.63, 3.8) is 0 Å². The summed E-state index contributed by atoms with van der Waals surface area (Å²) in [7, 11) is 1.22. The minimum absolute atomic E-state index is 0.372. The normalized spacial score (nSPS) is 18.2. The summed E-state index contributed by atoms with van der Waals surface area (Å²) in [5.41, 5.74) is 1.28. The molecule has 132 valence electrons. The molecule has 0 amide bonds. The van der Waals surface area contributed by atoms with E-state index in [-0.39, 0.29) is 11.2 Å². The summed E-state index contributed by atoms with van der Waals surface area (Å²) in [5, 5.41) is 0. The highest BCUT2D eigenvalue weighted by Crippen LogP contribution is 2.37. The van der Waals surface area contributed by atoms with Crippen LogP contribution in [0.5, 0.6) is 11.5 Å². The first-order chi connectivity index (χ1) is 11.8. The van der Waals surface area contributed by atoms with Crippen LogP contribution in [0.3, 0.4) is 0 Å². The van der Waals surface area contributed by atoms with E-state index in [1.54, 1.807) is 7.11 Å². The van der Waals surface area contributed by atoms with Gasteiger partial charge in [0.25, 0.3) is 0 Å². The summed E-state index contributed by atoms with van der Waals surface area (Å²) < 4.78 is 23.7. The average Bonchev–Trinajstić information content (AvgIpc) is 2.81. The quantitative estimate of drug-likeness (QED) is 0.780. The summed E-state index contributed by atoms with van der Waals surface area (Å²) in [6.07, 6.45) is 0. The Morgan fingerprint density at radius 1 is 0.880 bits per heavy atom. The maximum atomic E-state index is 6.12. The molecule has 1 fully saturated rings. The van der Waals surface area contributed by atoms with E-state index in [0.717, 1.165) is 11.0 Å². The van der Waals surface area contributed by atoms with Gasteiger partial charge in [0.05, 0.1) is 18.3 Å². The van der Waals surface area contributed by atoms with Gasteiger partial charge in [0.2, 0.25) is 0 Å². The van der Waals surface area contributed by atoms with Gasteiger partial charge in [0.15, 0.2) is 11.5 Å². The van der Waals surface area contributed by atoms with Crippen molar-refractivity contribution in [3.05, 3.63) is 54.1 Å². The number of hydrogen-bond donors (Lipinski definition) is 0. The molecule has 0 saturated carbocycles. The molecule has 2 aromatic carbocycles. The second-order valence-electron chi connectivity index (χ2n) is 7.27. The van der Waals surface area contributed by atoms with Crippen molar-refractivity contribution < 1.29 is 18.8 Å². The summed E-state index contributed by atoms with van der Waals surface area (Å²) in [5.74, 6) is 1.37. The molecular formula is C20H25BO4. The highest BCUT2D eigenvalue weighted by molar-refractivity contribution is 6.62. The first-order valence-electron chi connectivity index (χ1n) is 8.53. The molecule has 0 spiro atoms. The Labute approximate surface area is 150 Å². The highest BCUT2D eigenvalue weighted by Gasteiger charge is 2.51. The molecule has 0 bridgehead atoms. The van der Waals surface area contributed by atoms with E-state index in [9.17, 15) is 0 Å². The standard InChI is InChI=1S/C20H25BO4/c1-19(2)20(3,4)25-21(24-19)16-11-12-17(22-5)18(13-16)23-14-15-9-7-6-8-10-15/h6-13H,14H2,1-5H3. The van der Waals surface area contributed by atoms with Gasteiger partial charge in [0, 0.05) is 0 Å². The molecule has 0 N–H and O–H groups in total. The smallest absolute Gasteiger partial charge is 0.493 e. The van der Waals surface area contributed by atoms with E-state index in [4.69, 9.17) is 18.8 Å².